The number of ether oxygens (including phenoxy) is 6. The molecular formula is C29H32O14. The summed E-state index contributed by atoms with van der Waals surface area (Å²) >= 11 is 0. The number of carbonyl (C=O) groups excluding carboxylic acids is 1. The normalized spacial score (nSPS) is 28.3. The molecular weight excluding hydrogens is 572 g/mol. The van der Waals surface area contributed by atoms with Gasteiger partial charge < -0.3 is 53.7 Å². The highest BCUT2D eigenvalue weighted by Crippen LogP contribution is 2.57. The Labute approximate surface area is 245 Å². The fourth-order valence-corrected chi connectivity index (χ4v) is 5.69. The van der Waals surface area contributed by atoms with Crippen LogP contribution in [0.25, 0.3) is 0 Å². The van der Waals surface area contributed by atoms with Crippen LogP contribution in [-0.2, 0) is 30.4 Å². The molecule has 7 atom stereocenters. The topological polar surface area (TPSA) is 189 Å². The van der Waals surface area contributed by atoms with Crippen LogP contribution >= 0.6 is 0 Å². The molecule has 0 amide bonds. The van der Waals surface area contributed by atoms with E-state index in [4.69, 9.17) is 43.3 Å². The summed E-state index contributed by atoms with van der Waals surface area (Å²) in [6, 6.07) is 6.88. The van der Waals surface area contributed by atoms with Crippen molar-refractivity contribution in [2.24, 2.45) is 5.92 Å². The van der Waals surface area contributed by atoms with E-state index in [0.29, 0.717) is 35.3 Å². The third-order valence-corrected chi connectivity index (χ3v) is 7.69. The average molecular weight is 605 g/mol. The highest BCUT2D eigenvalue weighted by molar-refractivity contribution is 5.90. The molecule has 0 aliphatic carbocycles. The Morgan fingerprint density at radius 2 is 1.81 bits per heavy atom. The quantitative estimate of drug-likeness (QED) is 0.139. The molecule has 14 heteroatoms. The Hall–Kier alpha value is -3.82. The van der Waals surface area contributed by atoms with Crippen LogP contribution in [0.5, 0.6) is 28.7 Å². The third kappa shape index (κ3) is 5.63. The Kier molecular flexibility index (Phi) is 7.96. The summed E-state index contributed by atoms with van der Waals surface area (Å²) in [5.41, 5.74) is 2.64. The van der Waals surface area contributed by atoms with Crippen molar-refractivity contribution in [3.63, 3.8) is 0 Å². The predicted molar refractivity (Wildman–Crippen MR) is 141 cm³/mol. The Morgan fingerprint density at radius 3 is 2.58 bits per heavy atom. The number of aliphatic hydroxyl groups excluding tert-OH is 3. The van der Waals surface area contributed by atoms with Gasteiger partial charge in [0.2, 0.25) is 6.79 Å². The SMILES string of the molecule is CC(C)Cc1c2c(cc3c1O[C@@H]1c4cc(OO[C@H]5[C@@H](O)[C@H](O)[C@@H](COC(=O)CC(=O)O)O[C@H]5O)ccc4OC[C@@H]31)OCO2. The van der Waals surface area contributed by atoms with Crippen molar-refractivity contribution in [2.45, 2.75) is 69.4 Å². The molecule has 0 bridgehead atoms. The van der Waals surface area contributed by atoms with Crippen LogP contribution in [0.3, 0.4) is 0 Å². The number of hydrogen-bond acceptors (Lipinski definition) is 13. The number of hydrogen-bond donors (Lipinski definition) is 4. The van der Waals surface area contributed by atoms with E-state index < -0.39 is 61.8 Å². The average Bonchev–Trinajstić information content (AvgIpc) is 3.58. The van der Waals surface area contributed by atoms with E-state index in [9.17, 15) is 24.9 Å². The minimum Gasteiger partial charge on any atom is -0.492 e. The lowest BCUT2D eigenvalue weighted by Crippen LogP contribution is -2.59. The molecule has 4 aliphatic rings. The van der Waals surface area contributed by atoms with Gasteiger partial charge in [0.15, 0.2) is 29.6 Å². The molecule has 4 heterocycles. The molecule has 4 N–H and O–H groups in total. The smallest absolute Gasteiger partial charge is 0.317 e. The van der Waals surface area contributed by atoms with Crippen LogP contribution in [0, 0.1) is 5.92 Å². The first-order chi connectivity index (χ1) is 20.6. The fraction of sp³-hybridized carbons (Fsp3) is 0.517. The Bertz CT molecular complexity index is 1390. The van der Waals surface area contributed by atoms with E-state index in [0.717, 1.165) is 23.3 Å². The van der Waals surface area contributed by atoms with Crippen molar-refractivity contribution < 1.29 is 68.2 Å². The first-order valence-corrected chi connectivity index (χ1v) is 13.9. The van der Waals surface area contributed by atoms with Crippen LogP contribution in [0.15, 0.2) is 24.3 Å². The zero-order valence-electron chi connectivity index (χ0n) is 23.3. The number of carbonyl (C=O) groups is 2. The summed E-state index contributed by atoms with van der Waals surface area (Å²) < 4.78 is 34.1. The van der Waals surface area contributed by atoms with Crippen LogP contribution in [0.4, 0.5) is 0 Å². The number of carboxylic acids is 1. The van der Waals surface area contributed by atoms with Gasteiger partial charge >= 0.3 is 11.9 Å². The lowest BCUT2D eigenvalue weighted by Gasteiger charge is -2.39. The number of benzene rings is 2. The second kappa shape index (κ2) is 11.7. The number of carboxylic acid groups (broad SMARTS) is 1. The molecule has 0 aromatic heterocycles. The molecule has 0 saturated carbocycles. The minimum absolute atomic E-state index is 0.119. The summed E-state index contributed by atoms with van der Waals surface area (Å²) in [6.45, 7) is 4.20. The van der Waals surface area contributed by atoms with Crippen molar-refractivity contribution >= 4 is 11.9 Å². The van der Waals surface area contributed by atoms with Crippen LogP contribution in [0.2, 0.25) is 0 Å². The van der Waals surface area contributed by atoms with E-state index in [1.165, 1.54) is 0 Å². The molecule has 0 unspecified atom stereocenters. The highest BCUT2D eigenvalue weighted by atomic mass is 17.2. The summed E-state index contributed by atoms with van der Waals surface area (Å²) in [7, 11) is 0. The molecule has 43 heavy (non-hydrogen) atoms. The van der Waals surface area contributed by atoms with E-state index >= 15 is 0 Å². The van der Waals surface area contributed by atoms with Gasteiger partial charge in [-0.2, -0.15) is 4.89 Å². The van der Waals surface area contributed by atoms with Gasteiger partial charge in [-0.15, -0.1) is 0 Å². The summed E-state index contributed by atoms with van der Waals surface area (Å²) in [5.74, 6) is 0.725. The first kappa shape index (κ1) is 29.3. The summed E-state index contributed by atoms with van der Waals surface area (Å²) in [4.78, 5) is 32.8. The van der Waals surface area contributed by atoms with Gasteiger partial charge in [-0.3, -0.25) is 9.59 Å². The predicted octanol–water partition coefficient (Wildman–Crippen LogP) is 1.36. The van der Waals surface area contributed by atoms with Gasteiger partial charge in [-0.1, -0.05) is 13.8 Å². The number of aliphatic hydroxyl groups is 3. The molecule has 0 radical (unpaired) electrons. The van der Waals surface area contributed by atoms with E-state index in [-0.39, 0.29) is 18.5 Å². The number of rotatable bonds is 9. The van der Waals surface area contributed by atoms with Gasteiger partial charge in [0, 0.05) is 16.7 Å². The Balaban J connectivity index is 1.14. The summed E-state index contributed by atoms with van der Waals surface area (Å²) in [6.07, 6.45) is -8.52. The van der Waals surface area contributed by atoms with Crippen LogP contribution < -0.4 is 23.8 Å². The van der Waals surface area contributed by atoms with Gasteiger partial charge in [-0.25, -0.2) is 0 Å². The zero-order chi connectivity index (χ0) is 30.4. The number of aliphatic carboxylic acids is 1. The molecule has 6 rings (SSSR count). The Morgan fingerprint density at radius 1 is 1.00 bits per heavy atom. The standard InChI is InChI=1S/C29H32O14/c1-12(2)5-16-25-14(7-19-27(16)39-11-38-19)17-9-36-18-4-3-13(6-15(18)26(17)41-25)42-43-28-24(34)23(33)20(40-29(28)35)10-37-22(32)8-21(30)31/h3-4,6-7,12,17,20,23-24,26,28-29,33-35H,5,8-11H2,1-2H3,(H,30,31)/t17-,20+,23+,24-,26+,28-,29+/m0/s1. The maximum Gasteiger partial charge on any atom is 0.317 e. The minimum atomic E-state index is -1.77. The van der Waals surface area contributed by atoms with Crippen molar-refractivity contribution in [3.8, 4) is 28.7 Å². The zero-order valence-corrected chi connectivity index (χ0v) is 23.3. The fourth-order valence-electron chi connectivity index (χ4n) is 5.69. The van der Waals surface area contributed by atoms with E-state index in [1.54, 1.807) is 18.2 Å². The van der Waals surface area contributed by atoms with Gasteiger partial charge in [0.1, 0.15) is 48.9 Å². The van der Waals surface area contributed by atoms with Crippen molar-refractivity contribution in [3.05, 3.63) is 41.0 Å². The second-order valence-electron chi connectivity index (χ2n) is 11.2. The lowest BCUT2D eigenvalue weighted by atomic mass is 9.87. The monoisotopic (exact) mass is 604 g/mol. The van der Waals surface area contributed by atoms with E-state index in [2.05, 4.69) is 13.8 Å². The molecule has 232 valence electrons. The summed E-state index contributed by atoms with van der Waals surface area (Å²) in [5, 5.41) is 40.0. The van der Waals surface area contributed by atoms with Gasteiger partial charge in [-0.05, 0) is 36.6 Å². The molecule has 2 aromatic rings. The molecule has 14 nitrogen and oxygen atoms in total. The van der Waals surface area contributed by atoms with Crippen molar-refractivity contribution in [1.82, 2.24) is 0 Å². The molecule has 1 fully saturated rings. The molecule has 1 saturated heterocycles. The van der Waals surface area contributed by atoms with Crippen LogP contribution in [-0.4, -0.2) is 83.1 Å². The number of fused-ring (bicyclic) bond motifs is 6. The molecule has 0 spiro atoms. The largest absolute Gasteiger partial charge is 0.492 e. The first-order valence-electron chi connectivity index (χ1n) is 13.9. The van der Waals surface area contributed by atoms with E-state index in [1.807, 2.05) is 6.07 Å². The molecule has 2 aromatic carbocycles. The number of esters is 1. The van der Waals surface area contributed by atoms with Crippen molar-refractivity contribution in [1.29, 1.82) is 0 Å². The second-order valence-corrected chi connectivity index (χ2v) is 11.2. The third-order valence-electron chi connectivity index (χ3n) is 7.69. The van der Waals surface area contributed by atoms with Gasteiger partial charge in [0.25, 0.3) is 0 Å². The van der Waals surface area contributed by atoms with Gasteiger partial charge in [0.05, 0.1) is 12.5 Å². The molecule has 4 aliphatic heterocycles. The van der Waals surface area contributed by atoms with Crippen LogP contribution in [0.1, 0.15) is 49.0 Å². The lowest BCUT2D eigenvalue weighted by molar-refractivity contribution is -0.365. The van der Waals surface area contributed by atoms with Crippen molar-refractivity contribution in [2.75, 3.05) is 20.0 Å². The maximum absolute atomic E-state index is 11.5. The highest BCUT2D eigenvalue weighted by Gasteiger charge is 2.47. The maximum atomic E-state index is 11.5.